The highest BCUT2D eigenvalue weighted by Crippen LogP contribution is 2.36. The Labute approximate surface area is 146 Å². The van der Waals surface area contributed by atoms with Crippen molar-refractivity contribution < 1.29 is 19.4 Å². The number of carboxylic acid groups (broad SMARTS) is 1. The normalized spacial score (nSPS) is 16.1. The Hall–Kier alpha value is -2.82. The molecule has 0 spiro atoms. The number of rotatable bonds is 5. The van der Waals surface area contributed by atoms with Gasteiger partial charge in [0.15, 0.2) is 5.78 Å². The Morgan fingerprint density at radius 1 is 1.16 bits per heavy atom. The molecule has 1 N–H and O–H groups in total. The van der Waals surface area contributed by atoms with Gasteiger partial charge in [-0.3, -0.25) is 4.79 Å². The van der Waals surface area contributed by atoms with Crippen LogP contribution in [0.5, 0.6) is 5.75 Å². The van der Waals surface area contributed by atoms with Crippen LogP contribution in [0, 0.1) is 0 Å². The summed E-state index contributed by atoms with van der Waals surface area (Å²) in [6.07, 6.45) is 0.983. The molecule has 2 aromatic rings. The van der Waals surface area contributed by atoms with Gasteiger partial charge >= 0.3 is 5.97 Å². The van der Waals surface area contributed by atoms with E-state index in [-0.39, 0.29) is 17.5 Å². The van der Waals surface area contributed by atoms with Crippen molar-refractivity contribution in [3.05, 3.63) is 59.2 Å². The van der Waals surface area contributed by atoms with E-state index in [9.17, 15) is 9.59 Å². The summed E-state index contributed by atoms with van der Waals surface area (Å²) in [5.74, 6) is -0.128. The van der Waals surface area contributed by atoms with Crippen LogP contribution in [0.1, 0.15) is 46.5 Å². The molecule has 0 fully saturated rings. The summed E-state index contributed by atoms with van der Waals surface area (Å²) in [5, 5.41) is 9.02. The average molecular weight is 339 g/mol. The lowest BCUT2D eigenvalue weighted by molar-refractivity contribution is 0.0696. The topological polar surface area (TPSA) is 66.8 Å². The first kappa shape index (κ1) is 17.0. The van der Waals surface area contributed by atoms with Gasteiger partial charge in [-0.15, -0.1) is 0 Å². The number of benzene rings is 2. The number of aromatic carboxylic acids is 1. The second kappa shape index (κ2) is 6.97. The molecule has 5 heteroatoms. The maximum Gasteiger partial charge on any atom is 0.335 e. The first-order chi connectivity index (χ1) is 12.0. The summed E-state index contributed by atoms with van der Waals surface area (Å²) in [5.41, 5.74) is 2.85. The number of Topliss-reactive ketones (excluding diaryl/α,β-unsaturated/α-hetero) is 1. The van der Waals surface area contributed by atoms with E-state index in [2.05, 4.69) is 11.8 Å². The van der Waals surface area contributed by atoms with E-state index in [1.54, 1.807) is 25.1 Å². The van der Waals surface area contributed by atoms with E-state index in [1.165, 1.54) is 0 Å². The van der Waals surface area contributed by atoms with E-state index < -0.39 is 5.97 Å². The van der Waals surface area contributed by atoms with Crippen molar-refractivity contribution in [3.8, 4) is 5.75 Å². The molecule has 1 aliphatic rings. The van der Waals surface area contributed by atoms with Crippen molar-refractivity contribution in [3.63, 3.8) is 0 Å². The SMILES string of the molecule is CCC1CN(Cc2ccc(C(=O)O)cc2)c2cc(C(C)=O)ccc2O1. The van der Waals surface area contributed by atoms with Crippen LogP contribution in [0.2, 0.25) is 0 Å². The summed E-state index contributed by atoms with van der Waals surface area (Å²) in [7, 11) is 0. The molecule has 0 bridgehead atoms. The summed E-state index contributed by atoms with van der Waals surface area (Å²) < 4.78 is 6.00. The van der Waals surface area contributed by atoms with Gasteiger partial charge in [0.25, 0.3) is 0 Å². The minimum Gasteiger partial charge on any atom is -0.486 e. The number of carbonyl (C=O) groups excluding carboxylic acids is 1. The molecule has 0 aliphatic carbocycles. The zero-order valence-corrected chi connectivity index (χ0v) is 14.4. The summed E-state index contributed by atoms with van der Waals surface area (Å²) >= 11 is 0. The lowest BCUT2D eigenvalue weighted by Crippen LogP contribution is -2.39. The van der Waals surface area contributed by atoms with E-state index in [0.29, 0.717) is 12.1 Å². The number of nitrogens with zero attached hydrogens (tertiary/aromatic N) is 1. The number of fused-ring (bicyclic) bond motifs is 1. The van der Waals surface area contributed by atoms with Crippen molar-refractivity contribution in [2.24, 2.45) is 0 Å². The zero-order chi connectivity index (χ0) is 18.0. The molecule has 130 valence electrons. The maximum atomic E-state index is 11.7. The Kier molecular flexibility index (Phi) is 4.74. The predicted octanol–water partition coefficient (Wildman–Crippen LogP) is 3.77. The Morgan fingerprint density at radius 3 is 2.44 bits per heavy atom. The standard InChI is InChI=1S/C20H21NO4/c1-3-17-12-21(11-14-4-6-15(7-5-14)20(23)24)18-10-16(13(2)22)8-9-19(18)25-17/h4-10,17H,3,11-12H2,1-2H3,(H,23,24). The molecule has 0 amide bonds. The number of carboxylic acids is 1. The van der Waals surface area contributed by atoms with Crippen molar-refractivity contribution in [1.82, 2.24) is 0 Å². The number of anilines is 1. The highest BCUT2D eigenvalue weighted by molar-refractivity contribution is 5.95. The highest BCUT2D eigenvalue weighted by Gasteiger charge is 2.25. The molecule has 25 heavy (non-hydrogen) atoms. The predicted molar refractivity (Wildman–Crippen MR) is 95.6 cm³/mol. The molecule has 0 saturated carbocycles. The second-order valence-corrected chi connectivity index (χ2v) is 6.27. The van der Waals surface area contributed by atoms with Crippen LogP contribution < -0.4 is 9.64 Å². The van der Waals surface area contributed by atoms with Gasteiger partial charge in [0.1, 0.15) is 11.9 Å². The molecule has 5 nitrogen and oxygen atoms in total. The molecule has 1 heterocycles. The Bertz CT molecular complexity index is 798. The van der Waals surface area contributed by atoms with E-state index in [0.717, 1.165) is 30.0 Å². The first-order valence-corrected chi connectivity index (χ1v) is 8.36. The van der Waals surface area contributed by atoms with Crippen molar-refractivity contribution >= 4 is 17.4 Å². The van der Waals surface area contributed by atoms with Gasteiger partial charge in [0.2, 0.25) is 0 Å². The molecule has 0 saturated heterocycles. The van der Waals surface area contributed by atoms with E-state index in [1.807, 2.05) is 24.3 Å². The van der Waals surface area contributed by atoms with Gasteiger partial charge in [-0.25, -0.2) is 4.79 Å². The van der Waals surface area contributed by atoms with Crippen LogP contribution in [0.4, 0.5) is 5.69 Å². The van der Waals surface area contributed by atoms with Crippen molar-refractivity contribution in [2.75, 3.05) is 11.4 Å². The number of hydrogen-bond acceptors (Lipinski definition) is 4. The molecular weight excluding hydrogens is 318 g/mol. The van der Waals surface area contributed by atoms with Gasteiger partial charge < -0.3 is 14.7 Å². The molecule has 0 radical (unpaired) electrons. The summed E-state index contributed by atoms with van der Waals surface area (Å²) in [6.45, 7) is 4.99. The average Bonchev–Trinajstić information content (AvgIpc) is 2.61. The third-order valence-corrected chi connectivity index (χ3v) is 4.45. The van der Waals surface area contributed by atoms with Crippen LogP contribution in [-0.4, -0.2) is 29.5 Å². The second-order valence-electron chi connectivity index (χ2n) is 6.27. The lowest BCUT2D eigenvalue weighted by Gasteiger charge is -2.36. The van der Waals surface area contributed by atoms with E-state index >= 15 is 0 Å². The van der Waals surface area contributed by atoms with Crippen LogP contribution >= 0.6 is 0 Å². The smallest absolute Gasteiger partial charge is 0.335 e. The molecule has 2 aromatic carbocycles. The summed E-state index contributed by atoms with van der Waals surface area (Å²) in [4.78, 5) is 24.9. The molecular formula is C20H21NO4. The third-order valence-electron chi connectivity index (χ3n) is 4.45. The number of ether oxygens (including phenoxy) is 1. The zero-order valence-electron chi connectivity index (χ0n) is 14.4. The number of carbonyl (C=O) groups is 2. The highest BCUT2D eigenvalue weighted by atomic mass is 16.5. The Morgan fingerprint density at radius 2 is 1.84 bits per heavy atom. The number of ketones is 1. The summed E-state index contributed by atoms with van der Waals surface area (Å²) in [6, 6.07) is 12.4. The van der Waals surface area contributed by atoms with Crippen LogP contribution in [0.15, 0.2) is 42.5 Å². The molecule has 0 aromatic heterocycles. The van der Waals surface area contributed by atoms with Crippen molar-refractivity contribution in [1.29, 1.82) is 0 Å². The monoisotopic (exact) mass is 339 g/mol. The fourth-order valence-electron chi connectivity index (χ4n) is 2.98. The maximum absolute atomic E-state index is 11.7. The lowest BCUT2D eigenvalue weighted by atomic mass is 10.1. The van der Waals surface area contributed by atoms with Crippen LogP contribution in [0.3, 0.4) is 0 Å². The minimum absolute atomic E-state index is 0.0196. The van der Waals surface area contributed by atoms with Crippen molar-refractivity contribution in [2.45, 2.75) is 32.9 Å². The third kappa shape index (κ3) is 3.65. The van der Waals surface area contributed by atoms with Gasteiger partial charge in [0.05, 0.1) is 17.8 Å². The molecule has 1 aliphatic heterocycles. The first-order valence-electron chi connectivity index (χ1n) is 8.36. The van der Waals surface area contributed by atoms with Gasteiger partial charge in [0, 0.05) is 12.1 Å². The van der Waals surface area contributed by atoms with Gasteiger partial charge in [-0.2, -0.15) is 0 Å². The molecule has 1 atom stereocenters. The molecule has 1 unspecified atom stereocenters. The van der Waals surface area contributed by atoms with Crippen LogP contribution in [0.25, 0.3) is 0 Å². The fraction of sp³-hybridized carbons (Fsp3) is 0.300. The van der Waals surface area contributed by atoms with Gasteiger partial charge in [-0.1, -0.05) is 19.1 Å². The number of hydrogen-bond donors (Lipinski definition) is 1. The van der Waals surface area contributed by atoms with E-state index in [4.69, 9.17) is 9.84 Å². The molecule has 3 rings (SSSR count). The largest absolute Gasteiger partial charge is 0.486 e. The minimum atomic E-state index is -0.930. The van der Waals surface area contributed by atoms with Gasteiger partial charge in [-0.05, 0) is 49.2 Å². The fourth-order valence-corrected chi connectivity index (χ4v) is 2.98. The quantitative estimate of drug-likeness (QED) is 0.840. The Balaban J connectivity index is 1.90. The van der Waals surface area contributed by atoms with Crippen LogP contribution in [-0.2, 0) is 6.54 Å².